The number of aromatic nitrogens is 1. The number of nitrogens with one attached hydrogen (secondary N) is 1. The lowest BCUT2D eigenvalue weighted by molar-refractivity contribution is -0.132. The Morgan fingerprint density at radius 3 is 3.25 bits per heavy atom. The third-order valence-corrected chi connectivity index (χ3v) is 3.32. The minimum Gasteiger partial charge on any atom is -0.384 e. The van der Waals surface area contributed by atoms with E-state index in [2.05, 4.69) is 15.2 Å². The molecule has 2 heterocycles. The molecule has 1 aliphatic rings. The van der Waals surface area contributed by atoms with Gasteiger partial charge in [-0.1, -0.05) is 6.92 Å². The Labute approximate surface area is 119 Å². The number of morpholine rings is 1. The number of carbonyl (C=O) groups excluding carboxylic acids is 1. The van der Waals surface area contributed by atoms with E-state index in [-0.39, 0.29) is 11.9 Å². The molecule has 1 unspecified atom stereocenters. The van der Waals surface area contributed by atoms with Crippen LogP contribution >= 0.6 is 0 Å². The highest BCUT2D eigenvalue weighted by molar-refractivity contribution is 5.82. The number of carbonyl (C=O) groups is 1. The van der Waals surface area contributed by atoms with Gasteiger partial charge in [-0.3, -0.25) is 9.69 Å². The van der Waals surface area contributed by atoms with Gasteiger partial charge in [0.2, 0.25) is 5.91 Å². The van der Waals surface area contributed by atoms with E-state index in [1.54, 1.807) is 6.20 Å². The lowest BCUT2D eigenvalue weighted by atomic mass is 10.1. The molecule has 1 aromatic rings. The summed E-state index contributed by atoms with van der Waals surface area (Å²) < 4.78 is 5.44. The molecule has 1 aliphatic heterocycles. The molecule has 6 heteroatoms. The minimum absolute atomic E-state index is 0.0357. The van der Waals surface area contributed by atoms with Crippen LogP contribution in [0.3, 0.4) is 0 Å². The number of nitrogen functional groups attached to an aromatic ring is 1. The Bertz CT molecular complexity index is 453. The van der Waals surface area contributed by atoms with Crippen LogP contribution in [0.25, 0.3) is 0 Å². The number of nitrogens with zero attached hydrogens (tertiary/aromatic N) is 2. The second-order valence-corrected chi connectivity index (χ2v) is 4.94. The molecule has 0 aromatic carbocycles. The highest BCUT2D eigenvalue weighted by atomic mass is 16.5. The van der Waals surface area contributed by atoms with Gasteiger partial charge in [0, 0.05) is 25.8 Å². The number of rotatable bonds is 5. The molecule has 0 spiro atoms. The van der Waals surface area contributed by atoms with E-state index in [4.69, 9.17) is 10.5 Å². The van der Waals surface area contributed by atoms with Crippen molar-refractivity contribution in [3.05, 3.63) is 23.9 Å². The first-order valence-corrected chi connectivity index (χ1v) is 7.00. The molecule has 0 bridgehead atoms. The van der Waals surface area contributed by atoms with Crippen LogP contribution in [0.4, 0.5) is 5.82 Å². The lowest BCUT2D eigenvalue weighted by Crippen LogP contribution is -2.53. The van der Waals surface area contributed by atoms with Crippen LogP contribution < -0.4 is 11.1 Å². The highest BCUT2D eigenvalue weighted by Crippen LogP contribution is 2.13. The summed E-state index contributed by atoms with van der Waals surface area (Å²) in [5.74, 6) is 0.538. The van der Waals surface area contributed by atoms with Crippen LogP contribution in [0.5, 0.6) is 0 Å². The summed E-state index contributed by atoms with van der Waals surface area (Å²) in [6, 6.07) is 3.54. The molecule has 1 fully saturated rings. The number of anilines is 1. The van der Waals surface area contributed by atoms with Gasteiger partial charge in [0.25, 0.3) is 0 Å². The summed E-state index contributed by atoms with van der Waals surface area (Å²) in [6.45, 7) is 5.25. The fourth-order valence-electron chi connectivity index (χ4n) is 2.26. The van der Waals surface area contributed by atoms with Crippen molar-refractivity contribution >= 4 is 11.7 Å². The van der Waals surface area contributed by atoms with Crippen molar-refractivity contribution in [3.8, 4) is 0 Å². The Morgan fingerprint density at radius 2 is 2.50 bits per heavy atom. The van der Waals surface area contributed by atoms with Crippen molar-refractivity contribution in [3.63, 3.8) is 0 Å². The van der Waals surface area contributed by atoms with Crippen LogP contribution in [0.2, 0.25) is 0 Å². The SMILES string of the molecule is CCCNC(=O)C1COCCN1Cc1ccnc(N)c1. The molecule has 20 heavy (non-hydrogen) atoms. The quantitative estimate of drug-likeness (QED) is 0.814. The number of amides is 1. The van der Waals surface area contributed by atoms with Gasteiger partial charge >= 0.3 is 0 Å². The average molecular weight is 278 g/mol. The first-order valence-electron chi connectivity index (χ1n) is 7.00. The molecular formula is C14H22N4O2. The van der Waals surface area contributed by atoms with Crippen LogP contribution in [-0.2, 0) is 16.1 Å². The molecule has 3 N–H and O–H groups in total. The molecule has 110 valence electrons. The van der Waals surface area contributed by atoms with E-state index in [9.17, 15) is 4.79 Å². The Hall–Kier alpha value is -1.66. The van der Waals surface area contributed by atoms with Gasteiger partial charge in [0.1, 0.15) is 11.9 Å². The van der Waals surface area contributed by atoms with E-state index < -0.39 is 0 Å². The lowest BCUT2D eigenvalue weighted by Gasteiger charge is -2.34. The summed E-state index contributed by atoms with van der Waals surface area (Å²) in [5.41, 5.74) is 6.75. The maximum absolute atomic E-state index is 12.2. The Morgan fingerprint density at radius 1 is 1.65 bits per heavy atom. The summed E-state index contributed by atoms with van der Waals surface area (Å²) in [6.07, 6.45) is 2.62. The van der Waals surface area contributed by atoms with Gasteiger partial charge < -0.3 is 15.8 Å². The topological polar surface area (TPSA) is 80.5 Å². The van der Waals surface area contributed by atoms with Crippen molar-refractivity contribution in [1.29, 1.82) is 0 Å². The van der Waals surface area contributed by atoms with Gasteiger partial charge in [-0.15, -0.1) is 0 Å². The first-order chi connectivity index (χ1) is 9.70. The zero-order valence-electron chi connectivity index (χ0n) is 11.8. The number of nitrogens with two attached hydrogens (primary N) is 1. The molecular weight excluding hydrogens is 256 g/mol. The molecule has 0 saturated carbocycles. The summed E-state index contributed by atoms with van der Waals surface area (Å²) >= 11 is 0. The normalized spacial score (nSPS) is 19.8. The molecule has 0 radical (unpaired) electrons. The predicted molar refractivity (Wildman–Crippen MR) is 77.0 cm³/mol. The van der Waals surface area contributed by atoms with Gasteiger partial charge in [-0.05, 0) is 24.1 Å². The largest absolute Gasteiger partial charge is 0.384 e. The zero-order valence-corrected chi connectivity index (χ0v) is 11.8. The van der Waals surface area contributed by atoms with Gasteiger partial charge in [0.05, 0.1) is 13.2 Å². The van der Waals surface area contributed by atoms with Crippen molar-refractivity contribution in [2.45, 2.75) is 25.9 Å². The minimum atomic E-state index is -0.232. The molecule has 1 atom stereocenters. The maximum Gasteiger partial charge on any atom is 0.239 e. The van der Waals surface area contributed by atoms with E-state index in [1.165, 1.54) is 0 Å². The molecule has 2 rings (SSSR count). The monoisotopic (exact) mass is 278 g/mol. The highest BCUT2D eigenvalue weighted by Gasteiger charge is 2.29. The Kier molecular flexibility index (Phi) is 5.31. The first kappa shape index (κ1) is 14.7. The third kappa shape index (κ3) is 3.91. The van der Waals surface area contributed by atoms with Crippen LogP contribution in [0.1, 0.15) is 18.9 Å². The number of hydrogen-bond donors (Lipinski definition) is 2. The summed E-state index contributed by atoms with van der Waals surface area (Å²) in [5, 5.41) is 2.93. The standard InChI is InChI=1S/C14H22N4O2/c1-2-4-17-14(19)12-10-20-7-6-18(12)9-11-3-5-16-13(15)8-11/h3,5,8,12H,2,4,6-7,9-10H2,1H3,(H2,15,16)(H,17,19). The fourth-order valence-corrected chi connectivity index (χ4v) is 2.26. The van der Waals surface area contributed by atoms with Crippen LogP contribution in [0, 0.1) is 0 Å². The smallest absolute Gasteiger partial charge is 0.239 e. The van der Waals surface area contributed by atoms with Crippen molar-refractivity contribution in [2.24, 2.45) is 0 Å². The fraction of sp³-hybridized carbons (Fsp3) is 0.571. The van der Waals surface area contributed by atoms with Crippen LogP contribution in [0.15, 0.2) is 18.3 Å². The van der Waals surface area contributed by atoms with Crippen molar-refractivity contribution < 1.29 is 9.53 Å². The predicted octanol–water partition coefficient (Wildman–Crippen LogP) is 0.391. The third-order valence-electron chi connectivity index (χ3n) is 3.32. The van der Waals surface area contributed by atoms with E-state index in [0.717, 1.165) is 18.5 Å². The summed E-state index contributed by atoms with van der Waals surface area (Å²) in [7, 11) is 0. The van der Waals surface area contributed by atoms with E-state index in [0.29, 0.717) is 32.1 Å². The van der Waals surface area contributed by atoms with E-state index >= 15 is 0 Å². The number of pyridine rings is 1. The van der Waals surface area contributed by atoms with Gasteiger partial charge in [0.15, 0.2) is 0 Å². The van der Waals surface area contributed by atoms with E-state index in [1.807, 2.05) is 19.1 Å². The molecule has 1 amide bonds. The second kappa shape index (κ2) is 7.21. The average Bonchev–Trinajstić information content (AvgIpc) is 2.45. The molecule has 1 saturated heterocycles. The molecule has 0 aliphatic carbocycles. The Balaban J connectivity index is 2.01. The molecule has 1 aromatic heterocycles. The summed E-state index contributed by atoms with van der Waals surface area (Å²) in [4.78, 5) is 18.3. The van der Waals surface area contributed by atoms with Crippen molar-refractivity contribution in [1.82, 2.24) is 15.2 Å². The molecule has 6 nitrogen and oxygen atoms in total. The zero-order chi connectivity index (χ0) is 14.4. The van der Waals surface area contributed by atoms with Gasteiger partial charge in [-0.25, -0.2) is 4.98 Å². The number of ether oxygens (including phenoxy) is 1. The second-order valence-electron chi connectivity index (χ2n) is 4.94. The maximum atomic E-state index is 12.2. The number of hydrogen-bond acceptors (Lipinski definition) is 5. The van der Waals surface area contributed by atoms with Crippen LogP contribution in [-0.4, -0.2) is 48.1 Å². The van der Waals surface area contributed by atoms with Crippen molar-refractivity contribution in [2.75, 3.05) is 32.0 Å². The van der Waals surface area contributed by atoms with Gasteiger partial charge in [-0.2, -0.15) is 0 Å².